The van der Waals surface area contributed by atoms with Crippen LogP contribution in [0, 0.1) is 11.7 Å². The second kappa shape index (κ2) is 18.7. The molecule has 0 aliphatic carbocycles. The maximum atomic E-state index is 17.0. The molecule has 0 radical (unpaired) electrons. The van der Waals surface area contributed by atoms with Crippen molar-refractivity contribution in [2.45, 2.75) is 102 Å². The number of H-pyrrole nitrogens is 2. The molecule has 6 aromatic rings. The van der Waals surface area contributed by atoms with E-state index in [4.69, 9.17) is 19.2 Å². The van der Waals surface area contributed by atoms with Crippen molar-refractivity contribution in [3.05, 3.63) is 95.6 Å². The number of imidazole rings is 2. The van der Waals surface area contributed by atoms with E-state index in [1.165, 1.54) is 27.0 Å². The van der Waals surface area contributed by atoms with E-state index in [0.717, 1.165) is 59.7 Å². The summed E-state index contributed by atoms with van der Waals surface area (Å²) >= 11 is 0. The Hall–Kier alpha value is -7.44. The highest BCUT2D eigenvalue weighted by Gasteiger charge is 2.44. The number of nitrogens with one attached hydrogen (secondary N) is 4. The van der Waals surface area contributed by atoms with Gasteiger partial charge in [-0.15, -0.1) is 0 Å². The van der Waals surface area contributed by atoms with Gasteiger partial charge in [0.05, 0.1) is 73.5 Å². The number of likely N-dealkylation sites (tertiary alicyclic amines) is 2. The number of rotatable bonds is 11. The molecule has 4 amide bonds. The van der Waals surface area contributed by atoms with Gasteiger partial charge in [0.15, 0.2) is 0 Å². The van der Waals surface area contributed by atoms with E-state index in [9.17, 15) is 19.2 Å². The Morgan fingerprint density at radius 1 is 0.803 bits per heavy atom. The van der Waals surface area contributed by atoms with Gasteiger partial charge in [-0.1, -0.05) is 32.0 Å². The average molecular weight is 974 g/mol. The fraction of sp³-hybridized carbons (Fsp3) is 0.423. The van der Waals surface area contributed by atoms with Gasteiger partial charge in [-0.3, -0.25) is 9.59 Å². The maximum Gasteiger partial charge on any atom is 0.407 e. The van der Waals surface area contributed by atoms with Crippen LogP contribution in [0.3, 0.4) is 0 Å². The molecule has 4 aliphatic rings. The van der Waals surface area contributed by atoms with Crippen LogP contribution in [0.15, 0.2) is 67.0 Å². The van der Waals surface area contributed by atoms with E-state index in [2.05, 4.69) is 36.4 Å². The van der Waals surface area contributed by atoms with Gasteiger partial charge in [-0.2, -0.15) is 0 Å². The molecule has 2 saturated heterocycles. The van der Waals surface area contributed by atoms with Gasteiger partial charge >= 0.3 is 12.2 Å². The lowest BCUT2D eigenvalue weighted by molar-refractivity contribution is -0.138. The summed E-state index contributed by atoms with van der Waals surface area (Å²) in [5.41, 5.74) is 4.05. The first-order chi connectivity index (χ1) is 34.1. The number of carbonyl (C=O) groups is 4. The first-order valence-corrected chi connectivity index (χ1v) is 24.1. The number of alkyl carbamates (subject to hydrolysis) is 2. The van der Waals surface area contributed by atoms with Crippen LogP contribution in [-0.2, 0) is 25.5 Å². The topological polar surface area (TPSA) is 198 Å². The fourth-order valence-electron chi connectivity index (χ4n) is 10.5. The van der Waals surface area contributed by atoms with Gasteiger partial charge in [0, 0.05) is 35.2 Å². The van der Waals surface area contributed by atoms with E-state index in [-0.39, 0.29) is 23.4 Å². The third-order valence-corrected chi connectivity index (χ3v) is 14.1. The number of aryl methyl sites for hydroxylation is 1. The molecule has 10 rings (SSSR count). The van der Waals surface area contributed by atoms with E-state index >= 15 is 8.78 Å². The molecule has 4 N–H and O–H groups in total. The van der Waals surface area contributed by atoms with Crippen molar-refractivity contribution in [1.82, 2.24) is 44.9 Å². The number of carbonyl (C=O) groups excluding carboxylic acids is 4. The minimum Gasteiger partial charge on any atom is -0.493 e. The Bertz CT molecular complexity index is 3050. The number of methoxy groups -OCH3 is 2. The highest BCUT2D eigenvalue weighted by atomic mass is 19.1. The summed E-state index contributed by atoms with van der Waals surface area (Å²) in [6, 6.07) is 14.1. The number of ether oxygens (including phenoxy) is 4. The minimum atomic E-state index is -2.07. The Labute approximate surface area is 408 Å². The van der Waals surface area contributed by atoms with E-state index in [1.54, 1.807) is 22.2 Å². The van der Waals surface area contributed by atoms with Crippen LogP contribution in [-0.4, -0.2) is 110 Å². The molecule has 71 heavy (non-hydrogen) atoms. The summed E-state index contributed by atoms with van der Waals surface area (Å²) in [4.78, 5) is 71.4. The van der Waals surface area contributed by atoms with Crippen molar-refractivity contribution < 1.29 is 46.9 Å². The molecule has 2 unspecified atom stereocenters. The highest BCUT2D eigenvalue weighted by molar-refractivity contribution is 5.93. The molecule has 372 valence electrons. The predicted octanol–water partition coefficient (Wildman–Crippen LogP) is 8.67. The van der Waals surface area contributed by atoms with Gasteiger partial charge < -0.3 is 53.9 Å². The van der Waals surface area contributed by atoms with Crippen LogP contribution in [0.2, 0.25) is 0 Å². The zero-order valence-electron chi connectivity index (χ0n) is 40.4. The molecule has 3 aromatic heterocycles. The lowest BCUT2D eigenvalue weighted by Crippen LogP contribution is -2.56. The molecular weight excluding hydrogens is 917 g/mol. The normalized spacial score (nSPS) is 19.3. The number of hydrogen-bond acceptors (Lipinski definition) is 10. The van der Waals surface area contributed by atoms with Crippen molar-refractivity contribution in [2.75, 3.05) is 33.9 Å². The summed E-state index contributed by atoms with van der Waals surface area (Å²) in [5.74, 6) is 0.686. The third kappa shape index (κ3) is 8.79. The van der Waals surface area contributed by atoms with Crippen LogP contribution in [0.5, 0.6) is 11.5 Å². The maximum absolute atomic E-state index is 17.0. The number of aromatic amines is 2. The molecule has 2 fully saturated rings. The molecule has 7 heterocycles. The highest BCUT2D eigenvalue weighted by Crippen LogP contribution is 2.48. The first-order valence-electron chi connectivity index (χ1n) is 24.1. The number of aromatic nitrogens is 5. The molecule has 0 bridgehead atoms. The van der Waals surface area contributed by atoms with Gasteiger partial charge in [-0.25, -0.2) is 28.3 Å². The quantitative estimate of drug-likeness (QED) is 0.0975. The Kier molecular flexibility index (Phi) is 12.5. The summed E-state index contributed by atoms with van der Waals surface area (Å²) in [7, 11) is 2.42. The standard InChI is InChI=1S/C52H57F2N9O8/c1-27(2)43(59-50(66)68-5)47(64)61-17-7-11-37(61)45-56-26-35(58-45)31-21-33(53)42-39-22-32-20-29(15-16-36(32)63(39)49(71-41(42)24-31)30-14-13-28-10-9-19-70-40(28)23-30)34-25-55-46(57-34)38-12-8-18-62(38)48(65)44(52(3,4)54)60-51(67)69-6/h13-16,20-27,37-38,43-44,49H,7-12,17-19H2,1-6H3,(H,55,57)(H,56,58)(H,59,66)(H,60,67)/t37-,38-,43-,44?,49?/m0/s1. The zero-order chi connectivity index (χ0) is 49.9. The van der Waals surface area contributed by atoms with Gasteiger partial charge in [0.1, 0.15) is 46.7 Å². The van der Waals surface area contributed by atoms with Gasteiger partial charge in [0.2, 0.25) is 18.0 Å². The van der Waals surface area contributed by atoms with Crippen LogP contribution < -0.4 is 20.1 Å². The Morgan fingerprint density at radius 2 is 1.46 bits per heavy atom. The molecule has 4 aliphatic heterocycles. The summed E-state index contributed by atoms with van der Waals surface area (Å²) in [6.07, 6.45) is 5.49. The lowest BCUT2D eigenvalue weighted by atomic mass is 9.99. The van der Waals surface area contributed by atoms with Gasteiger partial charge in [0.25, 0.3) is 0 Å². The van der Waals surface area contributed by atoms with Crippen molar-refractivity contribution >= 4 is 34.9 Å². The summed E-state index contributed by atoms with van der Waals surface area (Å²) in [5, 5.41) is 5.86. The SMILES string of the molecule is COC(=O)NC(C(=O)N1CCC[C@H]1c1ncc(-c2ccc3c(c2)cc2n3C(c3ccc4c(c3)OCCC4)Oc3cc(-c4cnc([C@@H]5CCCN5C(=O)[C@@H](NC(=O)OC)C(C)C)[nH]4)cc(F)c3-2)[nH]1)C(C)(C)F. The van der Waals surface area contributed by atoms with Crippen molar-refractivity contribution in [1.29, 1.82) is 0 Å². The third-order valence-electron chi connectivity index (χ3n) is 14.1. The van der Waals surface area contributed by atoms with Crippen LogP contribution in [0.25, 0.3) is 44.7 Å². The first kappa shape index (κ1) is 47.2. The number of halogens is 2. The fourth-order valence-corrected chi connectivity index (χ4v) is 10.5. The Morgan fingerprint density at radius 3 is 2.13 bits per heavy atom. The lowest BCUT2D eigenvalue weighted by Gasteiger charge is -2.32. The van der Waals surface area contributed by atoms with Crippen molar-refractivity contribution in [3.63, 3.8) is 0 Å². The monoisotopic (exact) mass is 973 g/mol. The number of hydrogen-bond donors (Lipinski definition) is 4. The molecule has 0 spiro atoms. The van der Waals surface area contributed by atoms with E-state index in [1.807, 2.05) is 60.9 Å². The zero-order valence-corrected chi connectivity index (χ0v) is 40.4. The van der Waals surface area contributed by atoms with Crippen LogP contribution in [0.1, 0.15) is 101 Å². The molecule has 5 atom stereocenters. The molecule has 19 heteroatoms. The number of fused-ring (bicyclic) bond motifs is 6. The number of amides is 4. The average Bonchev–Trinajstić information content (AvgIpc) is 4.22. The Balaban J connectivity index is 0.981. The summed E-state index contributed by atoms with van der Waals surface area (Å²) < 4.78 is 56.8. The molecule has 3 aromatic carbocycles. The predicted molar refractivity (Wildman–Crippen MR) is 258 cm³/mol. The van der Waals surface area contributed by atoms with Crippen molar-refractivity contribution in [3.8, 4) is 45.3 Å². The number of benzene rings is 3. The second-order valence-corrected chi connectivity index (χ2v) is 19.5. The van der Waals surface area contributed by atoms with Crippen LogP contribution in [0.4, 0.5) is 18.4 Å². The van der Waals surface area contributed by atoms with E-state index < -0.39 is 53.9 Å². The second-order valence-electron chi connectivity index (χ2n) is 19.5. The van der Waals surface area contributed by atoms with Gasteiger partial charge in [-0.05, 0) is 100 Å². The van der Waals surface area contributed by atoms with Crippen LogP contribution >= 0.6 is 0 Å². The number of alkyl halides is 1. The molecular formula is C52H57F2N9O8. The van der Waals surface area contributed by atoms with Crippen molar-refractivity contribution in [2.24, 2.45) is 5.92 Å². The molecule has 17 nitrogen and oxygen atoms in total. The smallest absolute Gasteiger partial charge is 0.407 e. The number of nitrogens with zero attached hydrogens (tertiary/aromatic N) is 5. The molecule has 0 saturated carbocycles. The minimum absolute atomic E-state index is 0.192. The summed E-state index contributed by atoms with van der Waals surface area (Å²) in [6.45, 7) is 7.65. The largest absolute Gasteiger partial charge is 0.493 e. The van der Waals surface area contributed by atoms with E-state index in [0.29, 0.717) is 79.0 Å².